The summed E-state index contributed by atoms with van der Waals surface area (Å²) in [5.74, 6) is 0.929. The highest BCUT2D eigenvalue weighted by molar-refractivity contribution is 5.95. The van der Waals surface area contributed by atoms with Gasteiger partial charge in [-0.15, -0.1) is 0 Å². The highest BCUT2D eigenvalue weighted by atomic mass is 16.5. The van der Waals surface area contributed by atoms with Crippen molar-refractivity contribution in [2.24, 2.45) is 5.92 Å². The quantitative estimate of drug-likeness (QED) is 0.791. The van der Waals surface area contributed by atoms with Crippen LogP contribution in [0, 0.1) is 5.92 Å². The zero-order valence-corrected chi connectivity index (χ0v) is 15.1. The van der Waals surface area contributed by atoms with Gasteiger partial charge in [0.05, 0.1) is 12.2 Å². The molecule has 2 aromatic carbocycles. The predicted octanol–water partition coefficient (Wildman–Crippen LogP) is 3.78. The van der Waals surface area contributed by atoms with Crippen LogP contribution in [0.25, 0.3) is 6.08 Å². The first-order valence-corrected chi connectivity index (χ1v) is 9.04. The molecule has 1 amide bonds. The van der Waals surface area contributed by atoms with Crippen LogP contribution in [0.1, 0.15) is 39.1 Å². The molecule has 140 valence electrons. The first-order chi connectivity index (χ1) is 13.1. The Hall–Kier alpha value is -3.08. The van der Waals surface area contributed by atoms with Gasteiger partial charge in [-0.1, -0.05) is 30.9 Å². The van der Waals surface area contributed by atoms with Crippen molar-refractivity contribution in [3.8, 4) is 11.5 Å². The minimum Gasteiger partial charge on any atom is -0.507 e. The van der Waals surface area contributed by atoms with Crippen molar-refractivity contribution in [3.63, 3.8) is 0 Å². The molecule has 2 aromatic rings. The molecule has 1 fully saturated rings. The van der Waals surface area contributed by atoms with E-state index >= 15 is 0 Å². The van der Waals surface area contributed by atoms with E-state index in [0.29, 0.717) is 35.6 Å². The molecule has 1 heterocycles. The average molecular weight is 365 g/mol. The third-order valence-corrected chi connectivity index (χ3v) is 4.82. The molecule has 5 nitrogen and oxygen atoms in total. The number of phenols is 1. The van der Waals surface area contributed by atoms with E-state index in [-0.39, 0.29) is 17.6 Å². The second kappa shape index (κ2) is 8.54. The van der Waals surface area contributed by atoms with E-state index in [1.54, 1.807) is 48.5 Å². The van der Waals surface area contributed by atoms with Crippen LogP contribution >= 0.6 is 0 Å². The van der Waals surface area contributed by atoms with E-state index < -0.39 is 0 Å². The molecule has 1 N–H and O–H groups in total. The number of hydrogen-bond donors (Lipinski definition) is 1. The molecule has 0 saturated carbocycles. The van der Waals surface area contributed by atoms with Crippen molar-refractivity contribution >= 4 is 18.3 Å². The Morgan fingerprint density at radius 3 is 2.74 bits per heavy atom. The SMILES string of the molecule is C=Cc1c(O)cccc1OC[C@H]1CCCN(C(=O)c2ccc(C=O)cc2)C1. The maximum atomic E-state index is 12.7. The first-order valence-electron chi connectivity index (χ1n) is 9.04. The molecule has 0 unspecified atom stereocenters. The molecular formula is C22H23NO4. The van der Waals surface area contributed by atoms with Crippen LogP contribution in [0.5, 0.6) is 11.5 Å². The zero-order valence-electron chi connectivity index (χ0n) is 15.1. The van der Waals surface area contributed by atoms with E-state index in [9.17, 15) is 14.7 Å². The van der Waals surface area contributed by atoms with Gasteiger partial charge in [0.2, 0.25) is 0 Å². The molecule has 1 aliphatic heterocycles. The van der Waals surface area contributed by atoms with E-state index in [4.69, 9.17) is 4.74 Å². The number of carbonyl (C=O) groups is 2. The average Bonchev–Trinajstić information content (AvgIpc) is 2.72. The third-order valence-electron chi connectivity index (χ3n) is 4.82. The standard InChI is InChI=1S/C22H23NO4/c1-2-19-20(25)6-3-7-21(19)27-15-17-5-4-12-23(13-17)22(26)18-10-8-16(14-24)9-11-18/h2-3,6-11,14,17,25H,1,4-5,12-13,15H2/t17-/m0/s1. The molecule has 1 aliphatic rings. The number of aromatic hydroxyl groups is 1. The Bertz CT molecular complexity index is 829. The van der Waals surface area contributed by atoms with Crippen molar-refractivity contribution in [2.45, 2.75) is 12.8 Å². The summed E-state index contributed by atoms with van der Waals surface area (Å²) >= 11 is 0. The summed E-state index contributed by atoms with van der Waals surface area (Å²) in [7, 11) is 0. The number of amides is 1. The van der Waals surface area contributed by atoms with Crippen LogP contribution < -0.4 is 4.74 Å². The number of benzene rings is 2. The van der Waals surface area contributed by atoms with Crippen LogP contribution in [-0.2, 0) is 0 Å². The van der Waals surface area contributed by atoms with Crippen molar-refractivity contribution in [1.82, 2.24) is 4.90 Å². The first kappa shape index (κ1) is 18.7. The minimum atomic E-state index is -0.0266. The number of aldehydes is 1. The fraction of sp³-hybridized carbons (Fsp3) is 0.273. The number of hydrogen-bond acceptors (Lipinski definition) is 4. The summed E-state index contributed by atoms with van der Waals surface area (Å²) < 4.78 is 5.90. The van der Waals surface area contributed by atoms with Crippen molar-refractivity contribution < 1.29 is 19.4 Å². The van der Waals surface area contributed by atoms with Crippen molar-refractivity contribution in [1.29, 1.82) is 0 Å². The summed E-state index contributed by atoms with van der Waals surface area (Å²) in [6, 6.07) is 11.8. The Kier molecular flexibility index (Phi) is 5.91. The van der Waals surface area contributed by atoms with Gasteiger partial charge >= 0.3 is 0 Å². The number of piperidine rings is 1. The van der Waals surface area contributed by atoms with Gasteiger partial charge in [0.25, 0.3) is 5.91 Å². The third kappa shape index (κ3) is 4.37. The second-order valence-corrected chi connectivity index (χ2v) is 6.70. The van der Waals surface area contributed by atoms with E-state index in [1.807, 2.05) is 4.90 Å². The Balaban J connectivity index is 1.62. The second-order valence-electron chi connectivity index (χ2n) is 6.70. The number of nitrogens with zero attached hydrogens (tertiary/aromatic N) is 1. The fourth-order valence-corrected chi connectivity index (χ4v) is 3.34. The van der Waals surface area contributed by atoms with Gasteiger partial charge in [-0.3, -0.25) is 9.59 Å². The smallest absolute Gasteiger partial charge is 0.253 e. The summed E-state index contributed by atoms with van der Waals surface area (Å²) in [6.45, 7) is 5.52. The van der Waals surface area contributed by atoms with Crippen LogP contribution in [0.15, 0.2) is 49.0 Å². The number of likely N-dealkylation sites (tertiary alicyclic amines) is 1. The molecule has 0 aliphatic carbocycles. The number of phenolic OH excluding ortho intramolecular Hbond substituents is 1. The molecular weight excluding hydrogens is 342 g/mol. The van der Waals surface area contributed by atoms with Gasteiger partial charge in [0, 0.05) is 30.1 Å². The molecule has 3 rings (SSSR count). The number of ether oxygens (including phenoxy) is 1. The van der Waals surface area contributed by atoms with E-state index in [2.05, 4.69) is 6.58 Å². The monoisotopic (exact) mass is 365 g/mol. The van der Waals surface area contributed by atoms with Crippen LogP contribution in [0.4, 0.5) is 0 Å². The highest BCUT2D eigenvalue weighted by Gasteiger charge is 2.25. The Labute approximate surface area is 158 Å². The molecule has 0 radical (unpaired) electrons. The lowest BCUT2D eigenvalue weighted by Crippen LogP contribution is -2.41. The molecule has 1 saturated heterocycles. The molecule has 0 aromatic heterocycles. The zero-order chi connectivity index (χ0) is 19.2. The largest absolute Gasteiger partial charge is 0.507 e. The lowest BCUT2D eigenvalue weighted by molar-refractivity contribution is 0.0633. The lowest BCUT2D eigenvalue weighted by Gasteiger charge is -2.33. The van der Waals surface area contributed by atoms with Crippen molar-refractivity contribution in [2.75, 3.05) is 19.7 Å². The van der Waals surface area contributed by atoms with Gasteiger partial charge in [-0.2, -0.15) is 0 Å². The molecule has 27 heavy (non-hydrogen) atoms. The summed E-state index contributed by atoms with van der Waals surface area (Å²) in [6.07, 6.45) is 4.24. The van der Waals surface area contributed by atoms with Crippen LogP contribution in [-0.4, -0.2) is 41.9 Å². The highest BCUT2D eigenvalue weighted by Crippen LogP contribution is 2.29. The van der Waals surface area contributed by atoms with Gasteiger partial charge < -0.3 is 14.7 Å². The molecule has 0 bridgehead atoms. The summed E-state index contributed by atoms with van der Waals surface area (Å²) in [5, 5.41) is 9.88. The fourth-order valence-electron chi connectivity index (χ4n) is 3.34. The number of carbonyl (C=O) groups excluding carboxylic acids is 2. The minimum absolute atomic E-state index is 0.0266. The Morgan fingerprint density at radius 2 is 2.04 bits per heavy atom. The molecule has 0 spiro atoms. The maximum absolute atomic E-state index is 12.7. The number of rotatable bonds is 6. The molecule has 5 heteroatoms. The van der Waals surface area contributed by atoms with Gasteiger partial charge in [0.1, 0.15) is 17.8 Å². The molecule has 1 atom stereocenters. The maximum Gasteiger partial charge on any atom is 0.253 e. The van der Waals surface area contributed by atoms with E-state index in [1.165, 1.54) is 0 Å². The van der Waals surface area contributed by atoms with Crippen LogP contribution in [0.2, 0.25) is 0 Å². The summed E-state index contributed by atoms with van der Waals surface area (Å²) in [5.41, 5.74) is 1.72. The Morgan fingerprint density at radius 1 is 1.26 bits per heavy atom. The lowest BCUT2D eigenvalue weighted by atomic mass is 9.98. The van der Waals surface area contributed by atoms with E-state index in [0.717, 1.165) is 25.7 Å². The van der Waals surface area contributed by atoms with Gasteiger partial charge in [-0.05, 0) is 37.1 Å². The predicted molar refractivity (Wildman–Crippen MR) is 104 cm³/mol. The van der Waals surface area contributed by atoms with Crippen LogP contribution in [0.3, 0.4) is 0 Å². The van der Waals surface area contributed by atoms with Crippen molar-refractivity contribution in [3.05, 3.63) is 65.7 Å². The van der Waals surface area contributed by atoms with Gasteiger partial charge in [-0.25, -0.2) is 0 Å². The topological polar surface area (TPSA) is 66.8 Å². The summed E-state index contributed by atoms with van der Waals surface area (Å²) in [4.78, 5) is 25.3. The van der Waals surface area contributed by atoms with Gasteiger partial charge in [0.15, 0.2) is 0 Å². The normalized spacial score (nSPS) is 16.6.